The molecule has 0 radical (unpaired) electrons. The normalized spacial score (nSPS) is 11.2. The first-order chi connectivity index (χ1) is 16.8. The molecule has 5 rings (SSSR count). The Morgan fingerprint density at radius 3 is 2.51 bits per heavy atom. The number of nitrogens with one attached hydrogen (secondary N) is 1. The number of para-hydroxylation sites is 2. The minimum absolute atomic E-state index is 0.176. The molecule has 0 saturated carbocycles. The summed E-state index contributed by atoms with van der Waals surface area (Å²) in [5.41, 5.74) is 4.39. The van der Waals surface area contributed by atoms with E-state index in [1.54, 1.807) is 24.3 Å². The predicted octanol–water partition coefficient (Wildman–Crippen LogP) is 5.05. The monoisotopic (exact) mass is 487 g/mol. The van der Waals surface area contributed by atoms with Crippen LogP contribution in [0, 0.1) is 20.8 Å². The summed E-state index contributed by atoms with van der Waals surface area (Å²) in [6.07, 6.45) is 0. The Morgan fingerprint density at radius 2 is 1.77 bits per heavy atom. The molecule has 2 heterocycles. The topological polar surface area (TPSA) is 90.5 Å². The van der Waals surface area contributed by atoms with Crippen LogP contribution in [0.4, 0.5) is 5.69 Å². The number of amides is 1. The third kappa shape index (κ3) is 4.48. The van der Waals surface area contributed by atoms with Gasteiger partial charge in [-0.3, -0.25) is 4.79 Å². The van der Waals surface area contributed by atoms with Gasteiger partial charge in [0.15, 0.2) is 0 Å². The molecule has 1 N–H and O–H groups in total. The summed E-state index contributed by atoms with van der Waals surface area (Å²) in [6.45, 7) is 5.54. The van der Waals surface area contributed by atoms with Crippen molar-refractivity contribution in [2.45, 2.75) is 27.3 Å². The van der Waals surface area contributed by atoms with Crippen molar-refractivity contribution >= 4 is 39.9 Å². The fourth-order valence-corrected chi connectivity index (χ4v) is 4.13. The van der Waals surface area contributed by atoms with Crippen LogP contribution in [0.15, 0.2) is 65.5 Å². The Kier molecular flexibility index (Phi) is 5.74. The lowest BCUT2D eigenvalue weighted by atomic mass is 10.1. The maximum absolute atomic E-state index is 13.3. The van der Waals surface area contributed by atoms with Crippen molar-refractivity contribution in [1.82, 2.24) is 19.2 Å². The molecule has 9 heteroatoms. The number of rotatable bonds is 5. The van der Waals surface area contributed by atoms with E-state index in [0.29, 0.717) is 27.5 Å². The maximum Gasteiger partial charge on any atom is 0.351 e. The Labute approximate surface area is 205 Å². The average molecular weight is 488 g/mol. The maximum atomic E-state index is 13.3. The highest BCUT2D eigenvalue weighted by molar-refractivity contribution is 6.31. The number of carbonyl (C=O) groups excluding carboxylic acids is 1. The number of benzene rings is 3. The SMILES string of the molecule is Cc1cc(C)cc(Oc2nc3ccccc3n3c(=O)n(CC(=O)Nc4ccc(C)c(Cl)c4)nc23)c1. The van der Waals surface area contributed by atoms with Crippen LogP contribution in [0.5, 0.6) is 11.6 Å². The number of hydrogen-bond acceptors (Lipinski definition) is 5. The molecule has 0 unspecified atom stereocenters. The molecular weight excluding hydrogens is 466 g/mol. The van der Waals surface area contributed by atoms with Gasteiger partial charge in [0.05, 0.1) is 11.0 Å². The molecule has 0 aliphatic heterocycles. The number of fused-ring (bicyclic) bond motifs is 3. The van der Waals surface area contributed by atoms with Gasteiger partial charge in [-0.05, 0) is 73.9 Å². The number of halogens is 1. The molecular formula is C26H22ClN5O3. The molecule has 35 heavy (non-hydrogen) atoms. The van der Waals surface area contributed by atoms with Crippen LogP contribution in [0.1, 0.15) is 16.7 Å². The standard InChI is InChI=1S/C26H22ClN5O3/c1-15-10-16(2)12-19(11-15)35-25-24-30-31(14-23(33)28-18-9-8-17(3)20(27)13-18)26(34)32(24)22-7-5-4-6-21(22)29-25/h4-13H,14H2,1-3H3,(H,28,33). The molecule has 3 aromatic carbocycles. The number of aryl methyl sites for hydroxylation is 3. The summed E-state index contributed by atoms with van der Waals surface area (Å²) in [6, 6.07) is 18.2. The van der Waals surface area contributed by atoms with Crippen molar-refractivity contribution in [3.63, 3.8) is 0 Å². The summed E-state index contributed by atoms with van der Waals surface area (Å²) < 4.78 is 8.61. The molecule has 0 fully saturated rings. The van der Waals surface area contributed by atoms with Crippen molar-refractivity contribution < 1.29 is 9.53 Å². The van der Waals surface area contributed by atoms with Crippen molar-refractivity contribution in [1.29, 1.82) is 0 Å². The molecule has 5 aromatic rings. The Bertz CT molecular complexity index is 1650. The quantitative estimate of drug-likeness (QED) is 0.374. The lowest BCUT2D eigenvalue weighted by Gasteiger charge is -2.09. The Morgan fingerprint density at radius 1 is 1.03 bits per heavy atom. The smallest absolute Gasteiger partial charge is 0.351 e. The molecule has 0 saturated heterocycles. The van der Waals surface area contributed by atoms with Crippen molar-refractivity contribution in [2.75, 3.05) is 5.32 Å². The summed E-state index contributed by atoms with van der Waals surface area (Å²) in [4.78, 5) is 30.6. The molecule has 176 valence electrons. The first kappa shape index (κ1) is 22.6. The van der Waals surface area contributed by atoms with Gasteiger partial charge in [0, 0.05) is 10.7 Å². The first-order valence-electron chi connectivity index (χ1n) is 11.0. The van der Waals surface area contributed by atoms with Crippen LogP contribution < -0.4 is 15.7 Å². The minimum atomic E-state index is -0.471. The lowest BCUT2D eigenvalue weighted by Crippen LogP contribution is -2.28. The van der Waals surface area contributed by atoms with E-state index in [-0.39, 0.29) is 18.1 Å². The largest absolute Gasteiger partial charge is 0.436 e. The van der Waals surface area contributed by atoms with Crippen LogP contribution in [0.25, 0.3) is 16.7 Å². The highest BCUT2D eigenvalue weighted by Crippen LogP contribution is 2.27. The fraction of sp³-hybridized carbons (Fsp3) is 0.154. The molecule has 1 amide bonds. The van der Waals surface area contributed by atoms with Crippen LogP contribution in [0.2, 0.25) is 5.02 Å². The zero-order valence-corrected chi connectivity index (χ0v) is 20.1. The molecule has 0 spiro atoms. The minimum Gasteiger partial charge on any atom is -0.436 e. The predicted molar refractivity (Wildman–Crippen MR) is 136 cm³/mol. The molecule has 8 nitrogen and oxygen atoms in total. The summed E-state index contributed by atoms with van der Waals surface area (Å²) in [7, 11) is 0. The molecule has 0 bridgehead atoms. The van der Waals surface area contributed by atoms with Gasteiger partial charge >= 0.3 is 5.69 Å². The highest BCUT2D eigenvalue weighted by Gasteiger charge is 2.19. The number of nitrogens with zero attached hydrogens (tertiary/aromatic N) is 4. The van der Waals surface area contributed by atoms with Crippen LogP contribution in [0.3, 0.4) is 0 Å². The van der Waals surface area contributed by atoms with E-state index < -0.39 is 11.6 Å². The number of carbonyl (C=O) groups is 1. The number of anilines is 1. The highest BCUT2D eigenvalue weighted by atomic mass is 35.5. The van der Waals surface area contributed by atoms with E-state index in [4.69, 9.17) is 16.3 Å². The average Bonchev–Trinajstić information content (AvgIpc) is 3.12. The molecule has 2 aromatic heterocycles. The zero-order valence-electron chi connectivity index (χ0n) is 19.4. The Balaban J connectivity index is 1.55. The van der Waals surface area contributed by atoms with Gasteiger partial charge in [-0.15, -0.1) is 5.10 Å². The third-order valence-electron chi connectivity index (χ3n) is 5.53. The van der Waals surface area contributed by atoms with Crippen molar-refractivity contribution in [3.05, 3.63) is 92.9 Å². The zero-order chi connectivity index (χ0) is 24.7. The second kappa shape index (κ2) is 8.88. The van der Waals surface area contributed by atoms with Crippen LogP contribution in [-0.2, 0) is 11.3 Å². The van der Waals surface area contributed by atoms with Gasteiger partial charge in [-0.25, -0.2) is 18.9 Å². The second-order valence-electron chi connectivity index (χ2n) is 8.44. The van der Waals surface area contributed by atoms with E-state index in [1.165, 1.54) is 4.40 Å². The number of aromatic nitrogens is 4. The molecule has 0 aliphatic carbocycles. The summed E-state index contributed by atoms with van der Waals surface area (Å²) in [5, 5.41) is 7.70. The number of ether oxygens (including phenoxy) is 1. The van der Waals surface area contributed by atoms with E-state index in [2.05, 4.69) is 15.4 Å². The van der Waals surface area contributed by atoms with Gasteiger partial charge in [0.25, 0.3) is 5.88 Å². The van der Waals surface area contributed by atoms with Crippen LogP contribution >= 0.6 is 11.6 Å². The lowest BCUT2D eigenvalue weighted by molar-refractivity contribution is -0.117. The fourth-order valence-electron chi connectivity index (χ4n) is 3.95. The van der Waals surface area contributed by atoms with Gasteiger partial charge in [0.2, 0.25) is 11.6 Å². The first-order valence-corrected chi connectivity index (χ1v) is 11.4. The molecule has 0 aliphatic rings. The third-order valence-corrected chi connectivity index (χ3v) is 5.94. The van der Waals surface area contributed by atoms with E-state index in [0.717, 1.165) is 21.4 Å². The number of hydrogen-bond donors (Lipinski definition) is 1. The van der Waals surface area contributed by atoms with Gasteiger partial charge in [0.1, 0.15) is 12.3 Å². The van der Waals surface area contributed by atoms with Crippen molar-refractivity contribution in [2.24, 2.45) is 0 Å². The van der Waals surface area contributed by atoms with Gasteiger partial charge in [-0.2, -0.15) is 0 Å². The summed E-state index contributed by atoms with van der Waals surface area (Å²) in [5.74, 6) is 0.350. The van der Waals surface area contributed by atoms with Gasteiger partial charge in [-0.1, -0.05) is 35.9 Å². The second-order valence-corrected chi connectivity index (χ2v) is 8.85. The van der Waals surface area contributed by atoms with E-state index in [1.807, 2.05) is 57.2 Å². The van der Waals surface area contributed by atoms with Crippen LogP contribution in [-0.4, -0.2) is 25.1 Å². The Hall–Kier alpha value is -4.17. The molecule has 0 atom stereocenters. The summed E-state index contributed by atoms with van der Waals surface area (Å²) >= 11 is 6.15. The van der Waals surface area contributed by atoms with Gasteiger partial charge < -0.3 is 10.1 Å². The van der Waals surface area contributed by atoms with Crippen molar-refractivity contribution in [3.8, 4) is 11.6 Å². The van der Waals surface area contributed by atoms with E-state index >= 15 is 0 Å². The van der Waals surface area contributed by atoms with E-state index in [9.17, 15) is 9.59 Å².